The van der Waals surface area contributed by atoms with E-state index in [1.807, 2.05) is 18.2 Å². The van der Waals surface area contributed by atoms with Crippen LogP contribution in [0.15, 0.2) is 60.7 Å². The van der Waals surface area contributed by atoms with E-state index in [2.05, 4.69) is 21.2 Å². The zero-order chi connectivity index (χ0) is 18.7. The van der Waals surface area contributed by atoms with E-state index in [9.17, 15) is 18.0 Å². The molecule has 0 heterocycles. The molecule has 0 saturated carbocycles. The minimum atomic E-state index is -4.70. The van der Waals surface area contributed by atoms with Gasteiger partial charge in [-0.2, -0.15) is 13.2 Å². The summed E-state index contributed by atoms with van der Waals surface area (Å²) in [4.78, 5) is 11.5. The molecule has 0 atom stereocenters. The Morgan fingerprint density at radius 3 is 2.35 bits per heavy atom. The molecule has 7 heteroatoms. The molecule has 1 amide bonds. The monoisotopic (exact) mass is 423 g/mol. The van der Waals surface area contributed by atoms with Crippen LogP contribution in [0.3, 0.4) is 0 Å². The van der Waals surface area contributed by atoms with E-state index in [-0.39, 0.29) is 16.8 Å². The topological polar surface area (TPSA) is 38.3 Å². The van der Waals surface area contributed by atoms with Crippen molar-refractivity contribution in [1.82, 2.24) is 0 Å². The molecule has 0 saturated heterocycles. The fourth-order valence-electron chi connectivity index (χ4n) is 2.60. The molecule has 3 aromatic carbocycles. The molecule has 1 N–H and O–H groups in total. The lowest BCUT2D eigenvalue weighted by molar-refractivity contribution is -0.137. The third-order valence-corrected chi connectivity index (χ3v) is 4.18. The zero-order valence-electron chi connectivity index (χ0n) is 13.3. The van der Waals surface area contributed by atoms with E-state index in [0.717, 1.165) is 5.39 Å². The molecular formula is C19H13BrF3NO2. The van der Waals surface area contributed by atoms with Crippen molar-refractivity contribution >= 4 is 38.3 Å². The SMILES string of the molecule is O=C(CBr)Nc1cccc(Oc2cccc3ccccc23)c1C(F)(F)F. The summed E-state index contributed by atoms with van der Waals surface area (Å²) >= 11 is 2.92. The Morgan fingerprint density at radius 1 is 0.962 bits per heavy atom. The molecule has 3 rings (SSSR count). The Kier molecular flexibility index (Phi) is 5.18. The number of carbonyl (C=O) groups is 1. The summed E-state index contributed by atoms with van der Waals surface area (Å²) < 4.78 is 46.5. The largest absolute Gasteiger partial charge is 0.456 e. The second-order valence-corrected chi connectivity index (χ2v) is 6.00. The Balaban J connectivity index is 2.09. The Labute approximate surface area is 155 Å². The fourth-order valence-corrected chi connectivity index (χ4v) is 2.74. The Hall–Kier alpha value is -2.54. The van der Waals surface area contributed by atoms with Gasteiger partial charge in [-0.15, -0.1) is 0 Å². The number of alkyl halides is 4. The first-order chi connectivity index (χ1) is 12.4. The van der Waals surface area contributed by atoms with Gasteiger partial charge >= 0.3 is 6.18 Å². The number of amides is 1. The van der Waals surface area contributed by atoms with Gasteiger partial charge in [-0.25, -0.2) is 0 Å². The van der Waals surface area contributed by atoms with Crippen LogP contribution in [-0.2, 0) is 11.0 Å². The lowest BCUT2D eigenvalue weighted by Gasteiger charge is -2.18. The molecule has 0 aliphatic heterocycles. The number of carbonyl (C=O) groups excluding carboxylic acids is 1. The van der Waals surface area contributed by atoms with Crippen molar-refractivity contribution in [2.24, 2.45) is 0 Å². The summed E-state index contributed by atoms with van der Waals surface area (Å²) in [5.74, 6) is -0.656. The number of nitrogens with one attached hydrogen (secondary N) is 1. The van der Waals surface area contributed by atoms with Crippen LogP contribution in [0.1, 0.15) is 5.56 Å². The predicted octanol–water partition coefficient (Wildman–Crippen LogP) is 5.98. The molecular weight excluding hydrogens is 411 g/mol. The van der Waals surface area contributed by atoms with Gasteiger partial charge in [-0.1, -0.05) is 58.4 Å². The van der Waals surface area contributed by atoms with Crippen LogP contribution in [0.25, 0.3) is 10.8 Å². The maximum Gasteiger partial charge on any atom is 0.421 e. The molecule has 0 aliphatic rings. The Morgan fingerprint density at radius 2 is 1.62 bits per heavy atom. The number of benzene rings is 3. The van der Waals surface area contributed by atoms with Gasteiger partial charge in [0.2, 0.25) is 5.91 Å². The maximum atomic E-state index is 13.6. The average Bonchev–Trinajstić information content (AvgIpc) is 2.61. The normalized spacial score (nSPS) is 11.4. The standard InChI is InChI=1S/C19H13BrF3NO2/c20-11-17(25)24-14-8-4-10-16(18(14)19(21,22)23)26-15-9-3-6-12-5-1-2-7-13(12)15/h1-10H,11H2,(H,24,25). The quantitative estimate of drug-likeness (QED) is 0.523. The van der Waals surface area contributed by atoms with Crippen molar-refractivity contribution in [3.63, 3.8) is 0 Å². The van der Waals surface area contributed by atoms with E-state index in [1.54, 1.807) is 24.3 Å². The van der Waals surface area contributed by atoms with Crippen molar-refractivity contribution in [2.45, 2.75) is 6.18 Å². The average molecular weight is 424 g/mol. The van der Waals surface area contributed by atoms with Crippen molar-refractivity contribution in [1.29, 1.82) is 0 Å². The number of ether oxygens (including phenoxy) is 1. The summed E-state index contributed by atoms with van der Waals surface area (Å²) in [6.07, 6.45) is -4.70. The first-order valence-corrected chi connectivity index (χ1v) is 8.74. The van der Waals surface area contributed by atoms with Crippen LogP contribution in [0.2, 0.25) is 0 Å². The van der Waals surface area contributed by atoms with Crippen LogP contribution < -0.4 is 10.1 Å². The second kappa shape index (κ2) is 7.37. The van der Waals surface area contributed by atoms with E-state index in [4.69, 9.17) is 4.74 Å². The molecule has 3 aromatic rings. The van der Waals surface area contributed by atoms with E-state index in [0.29, 0.717) is 11.1 Å². The predicted molar refractivity (Wildman–Crippen MR) is 97.9 cm³/mol. The lowest BCUT2D eigenvalue weighted by atomic mass is 10.1. The van der Waals surface area contributed by atoms with Crippen LogP contribution in [0.5, 0.6) is 11.5 Å². The van der Waals surface area contributed by atoms with E-state index >= 15 is 0 Å². The van der Waals surface area contributed by atoms with Gasteiger partial charge in [0.05, 0.1) is 11.0 Å². The summed E-state index contributed by atoms with van der Waals surface area (Å²) in [7, 11) is 0. The first kappa shape index (κ1) is 18.3. The highest BCUT2D eigenvalue weighted by atomic mass is 79.9. The number of anilines is 1. The zero-order valence-corrected chi connectivity index (χ0v) is 14.9. The molecule has 0 radical (unpaired) electrons. The van der Waals surface area contributed by atoms with Gasteiger partial charge in [-0.05, 0) is 23.6 Å². The molecule has 134 valence electrons. The summed E-state index contributed by atoms with van der Waals surface area (Å²) in [5.41, 5.74) is -1.37. The molecule has 26 heavy (non-hydrogen) atoms. The van der Waals surface area contributed by atoms with Gasteiger partial charge < -0.3 is 10.1 Å². The van der Waals surface area contributed by atoms with Gasteiger partial charge in [0, 0.05) is 5.39 Å². The van der Waals surface area contributed by atoms with Gasteiger partial charge in [-0.3, -0.25) is 4.79 Å². The minimum absolute atomic E-state index is 0.112. The number of hydrogen-bond donors (Lipinski definition) is 1. The molecule has 0 aliphatic carbocycles. The molecule has 0 bridgehead atoms. The van der Waals surface area contributed by atoms with E-state index in [1.165, 1.54) is 18.2 Å². The van der Waals surface area contributed by atoms with Crippen molar-refractivity contribution in [2.75, 3.05) is 10.6 Å². The molecule has 0 aromatic heterocycles. The third-order valence-electron chi connectivity index (χ3n) is 3.67. The van der Waals surface area contributed by atoms with Gasteiger partial charge in [0.1, 0.15) is 17.1 Å². The fraction of sp³-hybridized carbons (Fsp3) is 0.105. The van der Waals surface area contributed by atoms with Crippen LogP contribution in [0.4, 0.5) is 18.9 Å². The number of fused-ring (bicyclic) bond motifs is 1. The number of halogens is 4. The number of hydrogen-bond acceptors (Lipinski definition) is 2. The van der Waals surface area contributed by atoms with E-state index < -0.39 is 17.6 Å². The molecule has 3 nitrogen and oxygen atoms in total. The van der Waals surface area contributed by atoms with Crippen molar-refractivity contribution in [3.05, 3.63) is 66.2 Å². The maximum absolute atomic E-state index is 13.6. The lowest BCUT2D eigenvalue weighted by Crippen LogP contribution is -2.17. The van der Waals surface area contributed by atoms with Gasteiger partial charge in [0.15, 0.2) is 0 Å². The highest BCUT2D eigenvalue weighted by Gasteiger charge is 2.38. The summed E-state index contributed by atoms with van der Waals surface area (Å²) in [6.45, 7) is 0. The van der Waals surface area contributed by atoms with Crippen LogP contribution in [0, 0.1) is 0 Å². The summed E-state index contributed by atoms with van der Waals surface area (Å²) in [6, 6.07) is 16.2. The molecule has 0 fully saturated rings. The first-order valence-electron chi connectivity index (χ1n) is 7.62. The molecule has 0 unspecified atom stereocenters. The van der Waals surface area contributed by atoms with Crippen molar-refractivity contribution in [3.8, 4) is 11.5 Å². The minimum Gasteiger partial charge on any atom is -0.456 e. The Bertz CT molecular complexity index is 952. The number of rotatable bonds is 4. The smallest absolute Gasteiger partial charge is 0.421 e. The molecule has 0 spiro atoms. The van der Waals surface area contributed by atoms with Crippen molar-refractivity contribution < 1.29 is 22.7 Å². The third kappa shape index (κ3) is 3.83. The van der Waals surface area contributed by atoms with Crippen LogP contribution >= 0.6 is 15.9 Å². The van der Waals surface area contributed by atoms with Crippen LogP contribution in [-0.4, -0.2) is 11.2 Å². The second-order valence-electron chi connectivity index (χ2n) is 5.44. The van der Waals surface area contributed by atoms with Gasteiger partial charge in [0.25, 0.3) is 0 Å². The highest BCUT2D eigenvalue weighted by Crippen LogP contribution is 2.43. The highest BCUT2D eigenvalue weighted by molar-refractivity contribution is 9.09. The summed E-state index contributed by atoms with van der Waals surface area (Å²) in [5, 5.41) is 3.67.